The minimum atomic E-state index is -1.86. The summed E-state index contributed by atoms with van der Waals surface area (Å²) < 4.78 is 28.2. The number of benzene rings is 2. The summed E-state index contributed by atoms with van der Waals surface area (Å²) >= 11 is 12.9. The Labute approximate surface area is 193 Å². The molecular formula is C22H20Cl2FN3O4. The maximum atomic E-state index is 15.1. The lowest BCUT2D eigenvalue weighted by atomic mass is 9.98. The molecule has 168 valence electrons. The van der Waals surface area contributed by atoms with Crippen LogP contribution < -0.4 is 4.74 Å². The van der Waals surface area contributed by atoms with Crippen LogP contribution in [-0.2, 0) is 15.2 Å². The predicted molar refractivity (Wildman–Crippen MR) is 116 cm³/mol. The van der Waals surface area contributed by atoms with Crippen molar-refractivity contribution >= 4 is 29.2 Å². The molecule has 0 unspecified atom stereocenters. The first-order valence-corrected chi connectivity index (χ1v) is 10.5. The zero-order valence-corrected chi connectivity index (χ0v) is 19.0. The molecular weight excluding hydrogens is 460 g/mol. The normalized spacial score (nSPS) is 17.9. The van der Waals surface area contributed by atoms with Crippen molar-refractivity contribution in [1.29, 1.82) is 0 Å². The molecule has 1 aromatic heterocycles. The number of rotatable bonds is 5. The molecule has 10 heteroatoms. The lowest BCUT2D eigenvalue weighted by molar-refractivity contribution is -0.141. The number of ether oxygens (including phenoxy) is 2. The molecule has 1 N–H and O–H groups in total. The van der Waals surface area contributed by atoms with Gasteiger partial charge in [-0.05, 0) is 38.1 Å². The molecule has 0 aliphatic carbocycles. The summed E-state index contributed by atoms with van der Waals surface area (Å²) in [5, 5.41) is 18.4. The van der Waals surface area contributed by atoms with E-state index in [1.165, 1.54) is 25.5 Å². The summed E-state index contributed by atoms with van der Waals surface area (Å²) in [6, 6.07) is 10.2. The fourth-order valence-electron chi connectivity index (χ4n) is 3.79. The first kappa shape index (κ1) is 22.5. The van der Waals surface area contributed by atoms with Crippen LogP contribution in [0.25, 0.3) is 5.69 Å². The number of aromatic nitrogens is 3. The molecule has 0 spiro atoms. The third-order valence-electron chi connectivity index (χ3n) is 5.18. The van der Waals surface area contributed by atoms with Gasteiger partial charge in [-0.1, -0.05) is 35.3 Å². The Morgan fingerprint density at radius 3 is 2.66 bits per heavy atom. The number of hydrogen-bond acceptors (Lipinski definition) is 5. The number of carboxylic acids is 1. The first-order valence-electron chi connectivity index (χ1n) is 9.76. The third-order valence-corrected chi connectivity index (χ3v) is 5.82. The van der Waals surface area contributed by atoms with Gasteiger partial charge in [0.25, 0.3) is 0 Å². The number of nitrogens with zero attached hydrogens (tertiary/aromatic N) is 3. The van der Waals surface area contributed by atoms with Crippen molar-refractivity contribution in [3.63, 3.8) is 0 Å². The SMILES string of the molecule is COc1cccc([C@H]2O[C@H](CC(=O)O)c3nnc(C(C)(C)F)n3-c3ccc(Cl)cc32)c1Cl. The largest absolute Gasteiger partial charge is 0.495 e. The number of fused-ring (bicyclic) bond motifs is 3. The van der Waals surface area contributed by atoms with Crippen molar-refractivity contribution in [2.75, 3.05) is 7.11 Å². The number of hydrogen-bond donors (Lipinski definition) is 1. The van der Waals surface area contributed by atoms with Crippen molar-refractivity contribution in [1.82, 2.24) is 14.8 Å². The second kappa shape index (κ2) is 8.35. The molecule has 2 atom stereocenters. The predicted octanol–water partition coefficient (Wildman–Crippen LogP) is 5.42. The number of aliphatic carboxylic acids is 1. The topological polar surface area (TPSA) is 86.5 Å². The summed E-state index contributed by atoms with van der Waals surface area (Å²) in [5.41, 5.74) is -0.229. The van der Waals surface area contributed by atoms with E-state index in [0.717, 1.165) is 0 Å². The Morgan fingerprint density at radius 1 is 1.25 bits per heavy atom. The third kappa shape index (κ3) is 3.94. The standard InChI is InChI=1S/C22H20Cl2FN3O4/c1-22(2,25)21-27-26-20-16(10-17(29)30)32-19(12-5-4-6-15(31-3)18(12)24)13-9-11(23)7-8-14(13)28(20)21/h4-9,16,19H,10H2,1-3H3,(H,29,30)/t16-,19-/m1/s1. The van der Waals surface area contributed by atoms with E-state index in [1.54, 1.807) is 36.4 Å². The average Bonchev–Trinajstić information content (AvgIpc) is 3.12. The monoisotopic (exact) mass is 479 g/mol. The molecule has 7 nitrogen and oxygen atoms in total. The zero-order valence-electron chi connectivity index (χ0n) is 17.5. The molecule has 4 rings (SSSR count). The molecule has 2 heterocycles. The Morgan fingerprint density at radius 2 is 2.00 bits per heavy atom. The van der Waals surface area contributed by atoms with Crippen LogP contribution >= 0.6 is 23.2 Å². The first-order chi connectivity index (χ1) is 15.1. The Bertz CT molecular complexity index is 1190. The summed E-state index contributed by atoms with van der Waals surface area (Å²) in [5.74, 6) is -0.476. The quantitative estimate of drug-likeness (QED) is 0.525. The summed E-state index contributed by atoms with van der Waals surface area (Å²) in [6.07, 6.45) is -2.27. The summed E-state index contributed by atoms with van der Waals surface area (Å²) in [7, 11) is 1.49. The fraction of sp³-hybridized carbons (Fsp3) is 0.318. The molecule has 0 bridgehead atoms. The number of methoxy groups -OCH3 is 1. The smallest absolute Gasteiger partial charge is 0.306 e. The van der Waals surface area contributed by atoms with E-state index < -0.39 is 30.3 Å². The maximum Gasteiger partial charge on any atom is 0.306 e. The zero-order chi connectivity index (χ0) is 23.2. The highest BCUT2D eigenvalue weighted by Gasteiger charge is 2.39. The van der Waals surface area contributed by atoms with E-state index in [4.69, 9.17) is 32.7 Å². The highest BCUT2D eigenvalue weighted by atomic mass is 35.5. The van der Waals surface area contributed by atoms with Gasteiger partial charge in [0.05, 0.1) is 24.2 Å². The summed E-state index contributed by atoms with van der Waals surface area (Å²) in [6.45, 7) is 2.71. The highest BCUT2D eigenvalue weighted by Crippen LogP contribution is 2.46. The summed E-state index contributed by atoms with van der Waals surface area (Å²) in [4.78, 5) is 11.7. The number of alkyl halides is 1. The number of halogens is 3. The van der Waals surface area contributed by atoms with E-state index >= 15 is 4.39 Å². The van der Waals surface area contributed by atoms with E-state index in [1.807, 2.05) is 0 Å². The fourth-order valence-corrected chi connectivity index (χ4v) is 4.27. The van der Waals surface area contributed by atoms with E-state index in [2.05, 4.69) is 10.2 Å². The van der Waals surface area contributed by atoms with Crippen molar-refractivity contribution < 1.29 is 23.8 Å². The molecule has 0 fully saturated rings. The van der Waals surface area contributed by atoms with Gasteiger partial charge in [-0.15, -0.1) is 10.2 Å². The average molecular weight is 480 g/mol. The van der Waals surface area contributed by atoms with Gasteiger partial charge in [0.1, 0.15) is 18.0 Å². The Hall–Kier alpha value is -2.68. The minimum Gasteiger partial charge on any atom is -0.495 e. The molecule has 0 saturated carbocycles. The van der Waals surface area contributed by atoms with Gasteiger partial charge in [0.2, 0.25) is 0 Å². The van der Waals surface area contributed by atoms with E-state index in [9.17, 15) is 9.90 Å². The van der Waals surface area contributed by atoms with Crippen LogP contribution in [0.15, 0.2) is 36.4 Å². The van der Waals surface area contributed by atoms with E-state index in [0.29, 0.717) is 32.6 Å². The van der Waals surface area contributed by atoms with Crippen LogP contribution in [0.2, 0.25) is 10.0 Å². The van der Waals surface area contributed by atoms with Crippen molar-refractivity contribution in [2.45, 2.75) is 38.1 Å². The van der Waals surface area contributed by atoms with Gasteiger partial charge >= 0.3 is 5.97 Å². The maximum absolute atomic E-state index is 15.1. The van der Waals surface area contributed by atoms with Crippen molar-refractivity contribution in [3.8, 4) is 11.4 Å². The molecule has 0 amide bonds. The van der Waals surface area contributed by atoms with Crippen LogP contribution in [0, 0.1) is 0 Å². The van der Waals surface area contributed by atoms with Gasteiger partial charge in [-0.3, -0.25) is 9.36 Å². The van der Waals surface area contributed by atoms with Gasteiger partial charge in [0, 0.05) is 16.1 Å². The molecule has 1 aliphatic heterocycles. The Kier molecular flexibility index (Phi) is 5.87. The Balaban J connectivity index is 2.03. The number of carboxylic acid groups (broad SMARTS) is 1. The molecule has 3 aromatic rings. The van der Waals surface area contributed by atoms with Crippen LogP contribution in [0.5, 0.6) is 5.75 Å². The van der Waals surface area contributed by atoms with Gasteiger partial charge in [0.15, 0.2) is 17.3 Å². The second-order valence-corrected chi connectivity index (χ2v) is 8.67. The van der Waals surface area contributed by atoms with Crippen LogP contribution in [0.1, 0.15) is 55.3 Å². The van der Waals surface area contributed by atoms with Gasteiger partial charge < -0.3 is 14.6 Å². The highest BCUT2D eigenvalue weighted by molar-refractivity contribution is 6.33. The second-order valence-electron chi connectivity index (χ2n) is 7.86. The molecule has 2 aromatic carbocycles. The van der Waals surface area contributed by atoms with Crippen LogP contribution in [-0.4, -0.2) is 33.0 Å². The van der Waals surface area contributed by atoms with Gasteiger partial charge in [-0.2, -0.15) is 0 Å². The van der Waals surface area contributed by atoms with Crippen LogP contribution in [0.3, 0.4) is 0 Å². The van der Waals surface area contributed by atoms with Crippen molar-refractivity contribution in [2.24, 2.45) is 0 Å². The minimum absolute atomic E-state index is 0.0208. The lowest BCUT2D eigenvalue weighted by Crippen LogP contribution is -2.19. The van der Waals surface area contributed by atoms with E-state index in [-0.39, 0.29) is 11.6 Å². The lowest BCUT2D eigenvalue weighted by Gasteiger charge is -2.23. The molecule has 32 heavy (non-hydrogen) atoms. The molecule has 0 radical (unpaired) electrons. The molecule has 1 aliphatic rings. The number of carbonyl (C=O) groups is 1. The van der Waals surface area contributed by atoms with Crippen LogP contribution in [0.4, 0.5) is 4.39 Å². The molecule has 0 saturated heterocycles. The van der Waals surface area contributed by atoms with Gasteiger partial charge in [-0.25, -0.2) is 4.39 Å². The van der Waals surface area contributed by atoms with Crippen molar-refractivity contribution in [3.05, 3.63) is 69.2 Å².